The van der Waals surface area contributed by atoms with Crippen LogP contribution in [0.3, 0.4) is 0 Å². The molecule has 5 aliphatic rings. The molecule has 5 saturated carbocycles. The fraction of sp³-hybridized carbons (Fsp3) is 0.935. The Morgan fingerprint density at radius 3 is 2.26 bits per heavy atom. The van der Waals surface area contributed by atoms with E-state index in [4.69, 9.17) is 0 Å². The summed E-state index contributed by atoms with van der Waals surface area (Å²) < 4.78 is 0. The summed E-state index contributed by atoms with van der Waals surface area (Å²) in [5, 5.41) is 33.6. The van der Waals surface area contributed by atoms with Gasteiger partial charge in [-0.15, -0.1) is 0 Å². The van der Waals surface area contributed by atoms with E-state index in [1.807, 2.05) is 6.92 Å². The Bertz CT molecular complexity index is 850. The van der Waals surface area contributed by atoms with Gasteiger partial charge in [-0.2, -0.15) is 0 Å². The van der Waals surface area contributed by atoms with Gasteiger partial charge in [0.2, 0.25) is 0 Å². The highest BCUT2D eigenvalue weighted by atomic mass is 16.3. The van der Waals surface area contributed by atoms with Crippen LogP contribution in [-0.4, -0.2) is 33.6 Å². The van der Waals surface area contributed by atoms with Gasteiger partial charge in [0.15, 0.2) is 0 Å². The van der Waals surface area contributed by atoms with Crippen LogP contribution in [0.25, 0.3) is 0 Å². The number of hydrogen-bond donors (Lipinski definition) is 3. The lowest BCUT2D eigenvalue weighted by Crippen LogP contribution is -2.61. The highest BCUT2D eigenvalue weighted by molar-refractivity contribution is 5.32. The van der Waals surface area contributed by atoms with E-state index < -0.39 is 0 Å². The normalized spacial score (nSPS) is 53.5. The third-order valence-electron chi connectivity index (χ3n) is 13.8. The largest absolute Gasteiger partial charge is 0.393 e. The molecular weight excluding hydrogens is 420 g/mol. The third kappa shape index (κ3) is 2.93. The van der Waals surface area contributed by atoms with Crippen LogP contribution < -0.4 is 0 Å². The summed E-state index contributed by atoms with van der Waals surface area (Å²) in [6.45, 7) is 20.2. The fourth-order valence-corrected chi connectivity index (χ4v) is 11.4. The van der Waals surface area contributed by atoms with Crippen molar-refractivity contribution in [3.63, 3.8) is 0 Å². The number of hydrogen-bond acceptors (Lipinski definition) is 3. The van der Waals surface area contributed by atoms with Crippen molar-refractivity contribution in [2.24, 2.45) is 56.7 Å². The molecule has 0 radical (unpaired) electrons. The van der Waals surface area contributed by atoms with Gasteiger partial charge in [-0.25, -0.2) is 0 Å². The number of aliphatic hydroxyl groups is 3. The first kappa shape index (κ1) is 25.3. The van der Waals surface area contributed by atoms with Crippen molar-refractivity contribution < 1.29 is 15.3 Å². The number of rotatable bonds is 5. The maximum Gasteiger partial charge on any atom is 0.0605 e. The quantitative estimate of drug-likeness (QED) is 0.408. The number of aliphatic hydroxyl groups excluding tert-OH is 3. The Morgan fingerprint density at radius 2 is 1.62 bits per heavy atom. The van der Waals surface area contributed by atoms with Gasteiger partial charge in [-0.1, -0.05) is 53.7 Å². The van der Waals surface area contributed by atoms with Crippen LogP contribution in [-0.2, 0) is 0 Å². The first-order valence-electron chi connectivity index (χ1n) is 14.4. The molecule has 3 heteroatoms. The molecule has 5 rings (SSSR count). The summed E-state index contributed by atoms with van der Waals surface area (Å²) in [6.07, 6.45) is 9.22. The molecule has 0 amide bonds. The van der Waals surface area contributed by atoms with Crippen LogP contribution in [0.1, 0.15) is 106 Å². The monoisotopic (exact) mass is 472 g/mol. The van der Waals surface area contributed by atoms with Gasteiger partial charge in [0.05, 0.1) is 18.3 Å². The standard InChI is InChI=1S/C31H52O3/c1-18(2)20(4)22(32)15-19(3)21-9-11-29(8)26-23(33)16-24-27(5,6)25(34)10-12-30(24)17-31(26,30)14-13-28(21,29)7/h19-26,32-34H,1,9-17H2,2-8H3. The average Bonchev–Trinajstić information content (AvgIpc) is 3.31. The Kier molecular flexibility index (Phi) is 5.63. The van der Waals surface area contributed by atoms with E-state index in [0.29, 0.717) is 29.1 Å². The molecule has 0 aliphatic heterocycles. The van der Waals surface area contributed by atoms with Crippen molar-refractivity contribution in [3.8, 4) is 0 Å². The minimum Gasteiger partial charge on any atom is -0.393 e. The number of fused-ring (bicyclic) bond motifs is 2. The van der Waals surface area contributed by atoms with Crippen LogP contribution in [0.2, 0.25) is 0 Å². The molecule has 0 saturated heterocycles. The first-order chi connectivity index (χ1) is 15.7. The second-order valence-corrected chi connectivity index (χ2v) is 15.1. The molecule has 12 unspecified atom stereocenters. The zero-order valence-corrected chi connectivity index (χ0v) is 23.0. The molecule has 5 fully saturated rings. The van der Waals surface area contributed by atoms with Gasteiger partial charge < -0.3 is 15.3 Å². The van der Waals surface area contributed by atoms with E-state index in [0.717, 1.165) is 31.3 Å². The smallest absolute Gasteiger partial charge is 0.0605 e. The molecule has 2 spiro atoms. The van der Waals surface area contributed by atoms with Crippen molar-refractivity contribution >= 4 is 0 Å². The van der Waals surface area contributed by atoms with Gasteiger partial charge in [-0.05, 0) is 115 Å². The molecule has 0 bridgehead atoms. The van der Waals surface area contributed by atoms with Crippen molar-refractivity contribution in [3.05, 3.63) is 12.2 Å². The Labute approximate surface area is 208 Å². The molecule has 0 aromatic rings. The summed E-state index contributed by atoms with van der Waals surface area (Å²) in [5.74, 6) is 2.05. The molecule has 5 aliphatic carbocycles. The highest BCUT2D eigenvalue weighted by Crippen LogP contribution is 2.89. The second-order valence-electron chi connectivity index (χ2n) is 15.1. The second kappa shape index (κ2) is 7.57. The lowest BCUT2D eigenvalue weighted by Gasteiger charge is -2.64. The zero-order chi connectivity index (χ0) is 25.1. The topological polar surface area (TPSA) is 60.7 Å². The predicted octanol–water partition coefficient (Wildman–Crippen LogP) is 6.36. The maximum atomic E-state index is 11.8. The zero-order valence-electron chi connectivity index (χ0n) is 23.0. The Morgan fingerprint density at radius 1 is 0.941 bits per heavy atom. The summed E-state index contributed by atoms with van der Waals surface area (Å²) in [6, 6.07) is 0. The lowest BCUT2D eigenvalue weighted by atomic mass is 9.41. The van der Waals surface area contributed by atoms with Crippen molar-refractivity contribution in [2.75, 3.05) is 0 Å². The Hall–Kier alpha value is -0.380. The molecule has 3 N–H and O–H groups in total. The van der Waals surface area contributed by atoms with Gasteiger partial charge in [0.1, 0.15) is 0 Å². The fourth-order valence-electron chi connectivity index (χ4n) is 11.4. The van der Waals surface area contributed by atoms with E-state index in [1.165, 1.54) is 32.1 Å². The third-order valence-corrected chi connectivity index (χ3v) is 13.8. The van der Waals surface area contributed by atoms with Crippen molar-refractivity contribution in [2.45, 2.75) is 125 Å². The minimum absolute atomic E-state index is 0.0990. The summed E-state index contributed by atoms with van der Waals surface area (Å²) in [4.78, 5) is 0. The summed E-state index contributed by atoms with van der Waals surface area (Å²) in [5.41, 5.74) is 1.98. The average molecular weight is 473 g/mol. The molecular formula is C31H52O3. The van der Waals surface area contributed by atoms with Gasteiger partial charge >= 0.3 is 0 Å². The van der Waals surface area contributed by atoms with Crippen molar-refractivity contribution in [1.29, 1.82) is 0 Å². The van der Waals surface area contributed by atoms with Crippen LogP contribution in [0.4, 0.5) is 0 Å². The van der Waals surface area contributed by atoms with E-state index in [-0.39, 0.29) is 45.9 Å². The molecule has 194 valence electrons. The molecule has 0 heterocycles. The molecule has 0 aromatic carbocycles. The predicted molar refractivity (Wildman–Crippen MR) is 138 cm³/mol. The molecule has 3 nitrogen and oxygen atoms in total. The van der Waals surface area contributed by atoms with Crippen LogP contribution in [0.15, 0.2) is 12.2 Å². The van der Waals surface area contributed by atoms with Gasteiger partial charge in [-0.3, -0.25) is 0 Å². The molecule has 12 atom stereocenters. The SMILES string of the molecule is C=C(C)C(C)C(O)CC(C)C1CCC2(C)C3C(O)CC4C(C)(C)C(O)CCC45CC35CCC12C. The lowest BCUT2D eigenvalue weighted by molar-refractivity contribution is -0.201. The minimum atomic E-state index is -0.318. The van der Waals surface area contributed by atoms with Crippen LogP contribution >= 0.6 is 0 Å². The van der Waals surface area contributed by atoms with E-state index in [9.17, 15) is 15.3 Å². The Balaban J connectivity index is 1.43. The van der Waals surface area contributed by atoms with E-state index >= 15 is 0 Å². The van der Waals surface area contributed by atoms with E-state index in [2.05, 4.69) is 48.1 Å². The highest BCUT2D eigenvalue weighted by Gasteiger charge is 2.83. The maximum absolute atomic E-state index is 11.8. The van der Waals surface area contributed by atoms with E-state index in [1.54, 1.807) is 0 Å². The van der Waals surface area contributed by atoms with Gasteiger partial charge in [0.25, 0.3) is 0 Å². The van der Waals surface area contributed by atoms with Crippen LogP contribution in [0.5, 0.6) is 0 Å². The van der Waals surface area contributed by atoms with Crippen molar-refractivity contribution in [1.82, 2.24) is 0 Å². The summed E-state index contributed by atoms with van der Waals surface area (Å²) in [7, 11) is 0. The first-order valence-corrected chi connectivity index (χ1v) is 14.4. The summed E-state index contributed by atoms with van der Waals surface area (Å²) >= 11 is 0. The molecule has 0 aromatic heterocycles. The molecule has 34 heavy (non-hydrogen) atoms. The van der Waals surface area contributed by atoms with Crippen LogP contribution in [0, 0.1) is 56.7 Å². The van der Waals surface area contributed by atoms with Gasteiger partial charge in [0, 0.05) is 5.92 Å².